The molecule has 0 aliphatic rings. The van der Waals surface area contributed by atoms with Crippen molar-refractivity contribution in [1.29, 1.82) is 0 Å². The first-order valence-corrected chi connectivity index (χ1v) is 4.92. The van der Waals surface area contributed by atoms with Gasteiger partial charge in [0.2, 0.25) is 0 Å². The van der Waals surface area contributed by atoms with Gasteiger partial charge in [0.25, 0.3) is 6.02 Å². The van der Waals surface area contributed by atoms with Crippen LogP contribution in [0.15, 0.2) is 4.99 Å². The third kappa shape index (κ3) is 7.62. The molecule has 0 bridgehead atoms. The summed E-state index contributed by atoms with van der Waals surface area (Å²) in [4.78, 5) is 4.34. The molecule has 0 saturated carbocycles. The van der Waals surface area contributed by atoms with Crippen molar-refractivity contribution in [2.75, 3.05) is 0 Å². The molecular formula is C10H22N2O. The van der Waals surface area contributed by atoms with Crippen LogP contribution in [0.5, 0.6) is 0 Å². The fraction of sp³-hybridized carbons (Fsp3) is 0.900. The number of hydrogen-bond donors (Lipinski definition) is 1. The highest BCUT2D eigenvalue weighted by Crippen LogP contribution is 1.94. The van der Waals surface area contributed by atoms with E-state index in [-0.39, 0.29) is 12.1 Å². The van der Waals surface area contributed by atoms with Gasteiger partial charge in [-0.05, 0) is 41.5 Å². The Kier molecular flexibility index (Phi) is 5.51. The van der Waals surface area contributed by atoms with Crippen LogP contribution in [-0.4, -0.2) is 24.2 Å². The molecule has 0 fully saturated rings. The topological polar surface area (TPSA) is 33.6 Å². The SMILES string of the molecule is CC(C)/N=C(/NC(C)C)OC(C)C. The average Bonchev–Trinajstić information content (AvgIpc) is 1.80. The first-order valence-electron chi connectivity index (χ1n) is 4.92. The van der Waals surface area contributed by atoms with E-state index in [2.05, 4.69) is 24.2 Å². The Morgan fingerprint density at radius 2 is 1.62 bits per heavy atom. The number of hydrogen-bond acceptors (Lipinski definition) is 2. The van der Waals surface area contributed by atoms with E-state index >= 15 is 0 Å². The lowest BCUT2D eigenvalue weighted by Gasteiger charge is -2.17. The van der Waals surface area contributed by atoms with Crippen molar-refractivity contribution in [3.05, 3.63) is 0 Å². The van der Waals surface area contributed by atoms with Crippen LogP contribution >= 0.6 is 0 Å². The van der Waals surface area contributed by atoms with Gasteiger partial charge < -0.3 is 10.1 Å². The maximum atomic E-state index is 5.51. The molecule has 0 heterocycles. The normalized spacial score (nSPS) is 12.8. The molecule has 0 atom stereocenters. The second-order valence-electron chi connectivity index (χ2n) is 3.99. The second kappa shape index (κ2) is 5.84. The van der Waals surface area contributed by atoms with E-state index in [0.717, 1.165) is 0 Å². The van der Waals surface area contributed by atoms with Gasteiger partial charge in [0, 0.05) is 12.1 Å². The van der Waals surface area contributed by atoms with E-state index in [1.165, 1.54) is 0 Å². The van der Waals surface area contributed by atoms with Crippen LogP contribution in [0.4, 0.5) is 0 Å². The van der Waals surface area contributed by atoms with E-state index in [4.69, 9.17) is 4.74 Å². The van der Waals surface area contributed by atoms with Gasteiger partial charge in [-0.1, -0.05) is 0 Å². The smallest absolute Gasteiger partial charge is 0.285 e. The quantitative estimate of drug-likeness (QED) is 0.541. The molecule has 13 heavy (non-hydrogen) atoms. The van der Waals surface area contributed by atoms with Crippen molar-refractivity contribution in [2.45, 2.75) is 59.7 Å². The molecule has 0 aromatic heterocycles. The molecule has 0 spiro atoms. The molecule has 0 aliphatic heterocycles. The number of aliphatic imine (C=N–C) groups is 1. The summed E-state index contributed by atoms with van der Waals surface area (Å²) in [6.07, 6.45) is 0.170. The summed E-state index contributed by atoms with van der Waals surface area (Å²) >= 11 is 0. The van der Waals surface area contributed by atoms with E-state index < -0.39 is 0 Å². The maximum absolute atomic E-state index is 5.51. The molecule has 1 N–H and O–H groups in total. The molecule has 0 aromatic carbocycles. The molecule has 0 aliphatic carbocycles. The van der Waals surface area contributed by atoms with Crippen LogP contribution in [0.2, 0.25) is 0 Å². The lowest BCUT2D eigenvalue weighted by atomic mass is 10.4. The third-order valence-corrected chi connectivity index (χ3v) is 1.13. The number of ether oxygens (including phenoxy) is 1. The highest BCUT2D eigenvalue weighted by Gasteiger charge is 2.05. The van der Waals surface area contributed by atoms with Crippen molar-refractivity contribution in [3.63, 3.8) is 0 Å². The first kappa shape index (κ1) is 12.3. The molecule has 0 unspecified atom stereocenters. The van der Waals surface area contributed by atoms with Crippen molar-refractivity contribution in [3.8, 4) is 0 Å². The lowest BCUT2D eigenvalue weighted by Crippen LogP contribution is -2.34. The van der Waals surface area contributed by atoms with Gasteiger partial charge >= 0.3 is 0 Å². The van der Waals surface area contributed by atoms with Crippen LogP contribution in [-0.2, 0) is 4.74 Å². The van der Waals surface area contributed by atoms with Crippen molar-refractivity contribution in [1.82, 2.24) is 5.32 Å². The lowest BCUT2D eigenvalue weighted by molar-refractivity contribution is 0.212. The fourth-order valence-corrected chi connectivity index (χ4v) is 0.806. The van der Waals surface area contributed by atoms with Crippen LogP contribution in [0.25, 0.3) is 0 Å². The minimum Gasteiger partial charge on any atom is -0.463 e. The summed E-state index contributed by atoms with van der Waals surface area (Å²) in [5.41, 5.74) is 0. The molecule has 0 aromatic rings. The van der Waals surface area contributed by atoms with Crippen LogP contribution < -0.4 is 5.32 Å². The minimum atomic E-state index is 0.170. The van der Waals surface area contributed by atoms with Crippen molar-refractivity contribution >= 4 is 6.02 Å². The summed E-state index contributed by atoms with van der Waals surface area (Å²) in [6, 6.07) is 1.27. The van der Waals surface area contributed by atoms with Gasteiger partial charge in [-0.25, -0.2) is 4.99 Å². The van der Waals surface area contributed by atoms with Crippen molar-refractivity contribution in [2.24, 2.45) is 4.99 Å². The number of nitrogens with one attached hydrogen (secondary N) is 1. The van der Waals surface area contributed by atoms with Gasteiger partial charge in [0.15, 0.2) is 0 Å². The largest absolute Gasteiger partial charge is 0.463 e. The fourth-order valence-electron chi connectivity index (χ4n) is 0.806. The van der Waals surface area contributed by atoms with Gasteiger partial charge in [0.05, 0.1) is 6.10 Å². The van der Waals surface area contributed by atoms with Gasteiger partial charge in [0.1, 0.15) is 0 Å². The molecule has 0 radical (unpaired) electrons. The zero-order valence-electron chi connectivity index (χ0n) is 9.59. The highest BCUT2D eigenvalue weighted by atomic mass is 16.5. The number of rotatable bonds is 3. The molecule has 78 valence electrons. The summed E-state index contributed by atoms with van der Waals surface area (Å²) < 4.78 is 5.51. The number of nitrogens with zero attached hydrogens (tertiary/aromatic N) is 1. The summed E-state index contributed by atoms with van der Waals surface area (Å²) in [5.74, 6) is 0. The average molecular weight is 186 g/mol. The Morgan fingerprint density at radius 1 is 1.08 bits per heavy atom. The van der Waals surface area contributed by atoms with E-state index in [9.17, 15) is 0 Å². The zero-order chi connectivity index (χ0) is 10.4. The predicted octanol–water partition coefficient (Wildman–Crippen LogP) is 2.17. The standard InChI is InChI=1S/C10H22N2O/c1-7(2)11-10(12-8(3)4)13-9(5)6/h7-9H,1-6H3,(H,11,12). The highest BCUT2D eigenvalue weighted by molar-refractivity contribution is 5.74. The Morgan fingerprint density at radius 3 is 1.92 bits per heavy atom. The second-order valence-corrected chi connectivity index (χ2v) is 3.99. The molecular weight excluding hydrogens is 164 g/mol. The zero-order valence-corrected chi connectivity index (χ0v) is 9.59. The predicted molar refractivity (Wildman–Crippen MR) is 57.1 cm³/mol. The van der Waals surface area contributed by atoms with Gasteiger partial charge in [-0.3, -0.25) is 0 Å². The van der Waals surface area contributed by atoms with Crippen LogP contribution in [0.3, 0.4) is 0 Å². The number of amidine groups is 1. The Balaban J connectivity index is 4.19. The van der Waals surface area contributed by atoms with Crippen LogP contribution in [0.1, 0.15) is 41.5 Å². The Bertz CT molecular complexity index is 150. The Hall–Kier alpha value is -0.730. The maximum Gasteiger partial charge on any atom is 0.285 e. The molecule has 0 saturated heterocycles. The molecule has 3 heteroatoms. The van der Waals surface area contributed by atoms with E-state index in [1.54, 1.807) is 0 Å². The van der Waals surface area contributed by atoms with Gasteiger partial charge in [-0.15, -0.1) is 0 Å². The molecule has 3 nitrogen and oxygen atoms in total. The first-order chi connectivity index (χ1) is 5.91. The van der Waals surface area contributed by atoms with Crippen LogP contribution in [0, 0.1) is 0 Å². The third-order valence-electron chi connectivity index (χ3n) is 1.13. The molecule has 0 rings (SSSR count). The monoisotopic (exact) mass is 186 g/mol. The molecule has 0 amide bonds. The van der Waals surface area contributed by atoms with E-state index in [1.807, 2.05) is 27.7 Å². The van der Waals surface area contributed by atoms with Crippen molar-refractivity contribution < 1.29 is 4.74 Å². The summed E-state index contributed by atoms with van der Waals surface area (Å²) in [5, 5.41) is 3.17. The van der Waals surface area contributed by atoms with Gasteiger partial charge in [-0.2, -0.15) is 0 Å². The summed E-state index contributed by atoms with van der Waals surface area (Å²) in [7, 11) is 0. The minimum absolute atomic E-state index is 0.170. The summed E-state index contributed by atoms with van der Waals surface area (Å²) in [6.45, 7) is 12.2. The Labute approximate surface area is 81.6 Å². The van der Waals surface area contributed by atoms with E-state index in [0.29, 0.717) is 12.1 Å².